The summed E-state index contributed by atoms with van der Waals surface area (Å²) in [5.74, 6) is 0.910. The molecular weight excluding hydrogens is 396 g/mol. The zero-order chi connectivity index (χ0) is 22.6. The number of methoxy groups -OCH3 is 3. The Morgan fingerprint density at radius 3 is 1.94 bits per heavy atom. The molecule has 0 bridgehead atoms. The molecule has 0 radical (unpaired) electrons. The first-order valence-electron chi connectivity index (χ1n) is 10.5. The Morgan fingerprint density at radius 1 is 0.774 bits per heavy atom. The Hall–Kier alpha value is -3.22. The van der Waals surface area contributed by atoms with Crippen molar-refractivity contribution in [3.8, 4) is 17.2 Å². The number of unbranched alkanes of at least 4 members (excludes halogenated alkanes) is 3. The van der Waals surface area contributed by atoms with Crippen LogP contribution in [0.1, 0.15) is 58.9 Å². The highest BCUT2D eigenvalue weighted by atomic mass is 16.5. The molecule has 0 heterocycles. The van der Waals surface area contributed by atoms with Crippen molar-refractivity contribution >= 4 is 11.8 Å². The molecule has 0 aliphatic carbocycles. The highest BCUT2D eigenvalue weighted by Gasteiger charge is 2.17. The summed E-state index contributed by atoms with van der Waals surface area (Å²) in [6.45, 7) is 3.17. The number of ether oxygens (including phenoxy) is 3. The van der Waals surface area contributed by atoms with E-state index in [1.165, 1.54) is 34.2 Å². The lowest BCUT2D eigenvalue weighted by molar-refractivity contribution is 0.0942. The van der Waals surface area contributed by atoms with Crippen molar-refractivity contribution in [2.24, 2.45) is 0 Å². The molecule has 7 nitrogen and oxygen atoms in total. The molecule has 0 aromatic heterocycles. The SMILES string of the molecule is CCCCCCNC(=O)c1ccc(CNC(=O)c2cc(OC)c(OC)c(OC)c2)cc1. The van der Waals surface area contributed by atoms with Crippen LogP contribution in [0.3, 0.4) is 0 Å². The van der Waals surface area contributed by atoms with E-state index in [1.54, 1.807) is 24.3 Å². The number of nitrogens with one attached hydrogen (secondary N) is 2. The van der Waals surface area contributed by atoms with Crippen molar-refractivity contribution in [1.29, 1.82) is 0 Å². The predicted molar refractivity (Wildman–Crippen MR) is 120 cm³/mol. The van der Waals surface area contributed by atoms with Gasteiger partial charge in [-0.25, -0.2) is 0 Å². The van der Waals surface area contributed by atoms with Gasteiger partial charge in [0, 0.05) is 24.2 Å². The molecule has 0 unspecified atom stereocenters. The van der Waals surface area contributed by atoms with E-state index >= 15 is 0 Å². The second-order valence-corrected chi connectivity index (χ2v) is 7.11. The Balaban J connectivity index is 1.93. The minimum atomic E-state index is -0.270. The van der Waals surface area contributed by atoms with Crippen LogP contribution in [-0.4, -0.2) is 39.7 Å². The second kappa shape index (κ2) is 12.5. The average molecular weight is 429 g/mol. The fourth-order valence-electron chi connectivity index (χ4n) is 3.13. The standard InChI is InChI=1S/C24H32N2O5/c1-5-6-7-8-13-25-23(27)18-11-9-17(10-12-18)16-26-24(28)19-14-20(29-2)22(31-4)21(15-19)30-3/h9-12,14-15H,5-8,13,16H2,1-4H3,(H,25,27)(H,26,28). The summed E-state index contributed by atoms with van der Waals surface area (Å²) in [6.07, 6.45) is 4.48. The molecule has 2 rings (SSSR count). The number of hydrogen-bond acceptors (Lipinski definition) is 5. The summed E-state index contributed by atoms with van der Waals surface area (Å²) >= 11 is 0. The van der Waals surface area contributed by atoms with Gasteiger partial charge in [-0.1, -0.05) is 38.3 Å². The molecule has 0 atom stereocenters. The summed E-state index contributed by atoms with van der Waals surface area (Å²) in [4.78, 5) is 24.8. The van der Waals surface area contributed by atoms with E-state index in [0.717, 1.165) is 18.4 Å². The maximum Gasteiger partial charge on any atom is 0.251 e. The number of carbonyl (C=O) groups is 2. The van der Waals surface area contributed by atoms with Crippen LogP contribution in [0.15, 0.2) is 36.4 Å². The minimum absolute atomic E-state index is 0.0792. The van der Waals surface area contributed by atoms with Gasteiger partial charge in [-0.15, -0.1) is 0 Å². The third-order valence-corrected chi connectivity index (χ3v) is 4.91. The van der Waals surface area contributed by atoms with E-state index in [1.807, 2.05) is 12.1 Å². The van der Waals surface area contributed by atoms with E-state index in [-0.39, 0.29) is 11.8 Å². The third kappa shape index (κ3) is 6.91. The summed E-state index contributed by atoms with van der Waals surface area (Å²) in [5.41, 5.74) is 1.89. The van der Waals surface area contributed by atoms with Crippen LogP contribution >= 0.6 is 0 Å². The van der Waals surface area contributed by atoms with Crippen molar-refractivity contribution in [2.75, 3.05) is 27.9 Å². The van der Waals surface area contributed by atoms with Gasteiger partial charge in [0.1, 0.15) is 0 Å². The lowest BCUT2D eigenvalue weighted by Gasteiger charge is -2.14. The smallest absolute Gasteiger partial charge is 0.251 e. The van der Waals surface area contributed by atoms with Gasteiger partial charge in [-0.3, -0.25) is 9.59 Å². The zero-order valence-corrected chi connectivity index (χ0v) is 18.7. The maximum atomic E-state index is 12.6. The minimum Gasteiger partial charge on any atom is -0.493 e. The molecule has 168 valence electrons. The maximum absolute atomic E-state index is 12.6. The largest absolute Gasteiger partial charge is 0.493 e. The Kier molecular flexibility index (Phi) is 9.68. The quantitative estimate of drug-likeness (QED) is 0.500. The van der Waals surface area contributed by atoms with E-state index in [2.05, 4.69) is 17.6 Å². The highest BCUT2D eigenvalue weighted by molar-refractivity contribution is 5.96. The Bertz CT molecular complexity index is 840. The molecule has 0 fully saturated rings. The fraction of sp³-hybridized carbons (Fsp3) is 0.417. The van der Waals surface area contributed by atoms with Crippen LogP contribution in [-0.2, 0) is 6.54 Å². The molecule has 0 saturated heterocycles. The van der Waals surface area contributed by atoms with E-state index < -0.39 is 0 Å². The van der Waals surface area contributed by atoms with Crippen molar-refractivity contribution in [1.82, 2.24) is 10.6 Å². The van der Waals surface area contributed by atoms with Gasteiger partial charge in [0.15, 0.2) is 11.5 Å². The number of rotatable bonds is 12. The highest BCUT2D eigenvalue weighted by Crippen LogP contribution is 2.38. The molecule has 0 saturated carbocycles. The number of benzene rings is 2. The molecule has 2 aromatic rings. The van der Waals surface area contributed by atoms with Gasteiger partial charge in [0.25, 0.3) is 11.8 Å². The predicted octanol–water partition coefficient (Wildman–Crippen LogP) is 3.95. The molecule has 2 amide bonds. The van der Waals surface area contributed by atoms with Crippen LogP contribution in [0.5, 0.6) is 17.2 Å². The van der Waals surface area contributed by atoms with E-state index in [9.17, 15) is 9.59 Å². The van der Waals surface area contributed by atoms with Crippen molar-refractivity contribution in [3.63, 3.8) is 0 Å². The molecule has 0 aliphatic rings. The number of amides is 2. The van der Waals surface area contributed by atoms with Crippen LogP contribution in [0.25, 0.3) is 0 Å². The van der Waals surface area contributed by atoms with Gasteiger partial charge >= 0.3 is 0 Å². The first kappa shape index (κ1) is 24.1. The number of hydrogen-bond donors (Lipinski definition) is 2. The first-order chi connectivity index (χ1) is 15.0. The van der Waals surface area contributed by atoms with Gasteiger partial charge in [-0.05, 0) is 36.2 Å². The summed E-state index contributed by atoms with van der Waals surface area (Å²) in [6, 6.07) is 10.4. The van der Waals surface area contributed by atoms with Crippen molar-refractivity contribution in [3.05, 3.63) is 53.1 Å². The number of carbonyl (C=O) groups excluding carboxylic acids is 2. The van der Waals surface area contributed by atoms with Crippen LogP contribution in [0.4, 0.5) is 0 Å². The van der Waals surface area contributed by atoms with Crippen LogP contribution < -0.4 is 24.8 Å². The Morgan fingerprint density at radius 2 is 1.39 bits per heavy atom. The van der Waals surface area contributed by atoms with Crippen molar-refractivity contribution < 1.29 is 23.8 Å². The molecule has 7 heteroatoms. The van der Waals surface area contributed by atoms with Gasteiger partial charge in [-0.2, -0.15) is 0 Å². The zero-order valence-electron chi connectivity index (χ0n) is 18.7. The normalized spacial score (nSPS) is 10.3. The lowest BCUT2D eigenvalue weighted by atomic mass is 10.1. The molecule has 2 aromatic carbocycles. The van der Waals surface area contributed by atoms with Crippen molar-refractivity contribution in [2.45, 2.75) is 39.2 Å². The van der Waals surface area contributed by atoms with E-state index in [0.29, 0.717) is 41.5 Å². The third-order valence-electron chi connectivity index (χ3n) is 4.91. The van der Waals surface area contributed by atoms with E-state index in [4.69, 9.17) is 14.2 Å². The molecular formula is C24H32N2O5. The van der Waals surface area contributed by atoms with Gasteiger partial charge < -0.3 is 24.8 Å². The first-order valence-corrected chi connectivity index (χ1v) is 10.5. The van der Waals surface area contributed by atoms with Crippen LogP contribution in [0, 0.1) is 0 Å². The summed E-state index contributed by atoms with van der Waals surface area (Å²) in [7, 11) is 4.51. The lowest BCUT2D eigenvalue weighted by Crippen LogP contribution is -2.25. The second-order valence-electron chi connectivity index (χ2n) is 7.11. The van der Waals surface area contributed by atoms with Gasteiger partial charge in [0.05, 0.1) is 21.3 Å². The summed E-state index contributed by atoms with van der Waals surface area (Å²) in [5, 5.41) is 5.80. The molecule has 0 aliphatic heterocycles. The monoisotopic (exact) mass is 428 g/mol. The topological polar surface area (TPSA) is 85.9 Å². The fourth-order valence-corrected chi connectivity index (χ4v) is 3.13. The van der Waals surface area contributed by atoms with Crippen LogP contribution in [0.2, 0.25) is 0 Å². The average Bonchev–Trinajstić information content (AvgIpc) is 2.81. The molecule has 2 N–H and O–H groups in total. The molecule has 31 heavy (non-hydrogen) atoms. The Labute approximate surface area is 184 Å². The molecule has 0 spiro atoms. The summed E-state index contributed by atoms with van der Waals surface area (Å²) < 4.78 is 15.9. The van der Waals surface area contributed by atoms with Gasteiger partial charge in [0.2, 0.25) is 5.75 Å².